The number of hydrogen-bond acceptors (Lipinski definition) is 5. The number of piperidine rings is 1. The predicted octanol–water partition coefficient (Wildman–Crippen LogP) is 4.27. The summed E-state index contributed by atoms with van der Waals surface area (Å²) in [6.45, 7) is 4.03. The molecule has 5 heteroatoms. The Kier molecular flexibility index (Phi) is 4.67. The molecule has 0 spiro atoms. The van der Waals surface area contributed by atoms with Crippen LogP contribution in [0.2, 0.25) is 0 Å². The lowest BCUT2D eigenvalue weighted by Crippen LogP contribution is -2.31. The van der Waals surface area contributed by atoms with E-state index in [1.165, 1.54) is 12.0 Å². The molecular weight excluding hydrogens is 334 g/mol. The maximum Gasteiger partial charge on any atom is 0.223 e. The normalized spacial score (nSPS) is 14.3. The molecule has 0 unspecified atom stereocenters. The Labute approximate surface area is 160 Å². The van der Waals surface area contributed by atoms with E-state index in [0.717, 1.165) is 54.0 Å². The highest BCUT2D eigenvalue weighted by Crippen LogP contribution is 2.40. The minimum Gasteiger partial charge on any atom is -0.383 e. The topological polar surface area (TPSA) is 81.1 Å². The van der Waals surface area contributed by atoms with E-state index in [1.807, 2.05) is 12.1 Å². The van der Waals surface area contributed by atoms with Gasteiger partial charge in [-0.25, -0.2) is 0 Å². The fourth-order valence-electron chi connectivity index (χ4n) is 3.76. The summed E-state index contributed by atoms with van der Waals surface area (Å²) in [6.07, 6.45) is 3.56. The highest BCUT2D eigenvalue weighted by molar-refractivity contribution is 5.93. The molecule has 0 bridgehead atoms. The second-order valence-corrected chi connectivity index (χ2v) is 7.12. The van der Waals surface area contributed by atoms with Gasteiger partial charge in [-0.2, -0.15) is 9.97 Å². The molecular formula is C22H25N5. The average Bonchev–Trinajstić information content (AvgIpc) is 2.69. The third-order valence-electron chi connectivity index (χ3n) is 5.15. The SMILES string of the molecule is Cc1ccc(-c2ccccc2-c2c(N)nc(N)nc2N2CCCCC2)cc1. The van der Waals surface area contributed by atoms with E-state index >= 15 is 0 Å². The Morgan fingerprint density at radius 1 is 0.815 bits per heavy atom. The van der Waals surface area contributed by atoms with E-state index in [2.05, 4.69) is 58.2 Å². The first-order chi connectivity index (χ1) is 13.1. The molecule has 0 aliphatic carbocycles. The number of benzene rings is 2. The summed E-state index contributed by atoms with van der Waals surface area (Å²) in [7, 11) is 0. The minimum absolute atomic E-state index is 0.227. The van der Waals surface area contributed by atoms with E-state index < -0.39 is 0 Å². The molecule has 138 valence electrons. The van der Waals surface area contributed by atoms with Gasteiger partial charge in [0.1, 0.15) is 11.6 Å². The Morgan fingerprint density at radius 2 is 1.48 bits per heavy atom. The van der Waals surface area contributed by atoms with Gasteiger partial charge in [0.2, 0.25) is 5.95 Å². The van der Waals surface area contributed by atoms with Crippen molar-refractivity contribution >= 4 is 17.6 Å². The lowest BCUT2D eigenvalue weighted by Gasteiger charge is -2.30. The number of nitrogen functional groups attached to an aromatic ring is 2. The molecule has 1 fully saturated rings. The van der Waals surface area contributed by atoms with Gasteiger partial charge in [0.15, 0.2) is 0 Å². The lowest BCUT2D eigenvalue weighted by molar-refractivity contribution is 0.574. The van der Waals surface area contributed by atoms with Gasteiger partial charge in [-0.05, 0) is 42.9 Å². The summed E-state index contributed by atoms with van der Waals surface area (Å²) in [5, 5.41) is 0. The number of hydrogen-bond donors (Lipinski definition) is 2. The molecule has 2 heterocycles. The zero-order chi connectivity index (χ0) is 18.8. The standard InChI is InChI=1S/C22H25N5/c1-15-9-11-16(12-10-15)17-7-3-4-8-18(17)19-20(23)25-22(24)26-21(19)27-13-5-2-6-14-27/h3-4,7-12H,2,5-6,13-14H2,1H3,(H4,23,24,25,26). The van der Waals surface area contributed by atoms with E-state index in [-0.39, 0.29) is 5.95 Å². The monoisotopic (exact) mass is 359 g/mol. The first kappa shape index (κ1) is 17.3. The first-order valence-electron chi connectivity index (χ1n) is 9.48. The van der Waals surface area contributed by atoms with E-state index in [9.17, 15) is 0 Å². The zero-order valence-corrected chi connectivity index (χ0v) is 15.7. The molecule has 4 N–H and O–H groups in total. The van der Waals surface area contributed by atoms with Crippen LogP contribution in [0, 0.1) is 6.92 Å². The third-order valence-corrected chi connectivity index (χ3v) is 5.15. The van der Waals surface area contributed by atoms with Crippen molar-refractivity contribution in [3.05, 3.63) is 54.1 Å². The summed E-state index contributed by atoms with van der Waals surface area (Å²) in [5.74, 6) is 1.51. The smallest absolute Gasteiger partial charge is 0.223 e. The molecule has 5 nitrogen and oxygen atoms in total. The molecule has 27 heavy (non-hydrogen) atoms. The van der Waals surface area contributed by atoms with Crippen LogP contribution in [0.1, 0.15) is 24.8 Å². The summed E-state index contributed by atoms with van der Waals surface area (Å²) >= 11 is 0. The van der Waals surface area contributed by atoms with Gasteiger partial charge < -0.3 is 16.4 Å². The lowest BCUT2D eigenvalue weighted by atomic mass is 9.94. The second-order valence-electron chi connectivity index (χ2n) is 7.12. The number of nitrogens with two attached hydrogens (primary N) is 2. The van der Waals surface area contributed by atoms with Gasteiger partial charge >= 0.3 is 0 Å². The van der Waals surface area contributed by atoms with Crippen molar-refractivity contribution in [1.82, 2.24) is 9.97 Å². The van der Waals surface area contributed by atoms with Crippen molar-refractivity contribution in [2.45, 2.75) is 26.2 Å². The molecule has 2 aromatic carbocycles. The Morgan fingerprint density at radius 3 is 2.19 bits per heavy atom. The summed E-state index contributed by atoms with van der Waals surface area (Å²) in [4.78, 5) is 11.2. The molecule has 0 atom stereocenters. The molecule has 0 saturated carbocycles. The Bertz CT molecular complexity index is 943. The van der Waals surface area contributed by atoms with Crippen LogP contribution in [0.15, 0.2) is 48.5 Å². The summed E-state index contributed by atoms with van der Waals surface area (Å²) < 4.78 is 0. The molecule has 1 saturated heterocycles. The van der Waals surface area contributed by atoms with Crippen LogP contribution in [-0.4, -0.2) is 23.1 Å². The molecule has 4 rings (SSSR count). The van der Waals surface area contributed by atoms with Gasteiger partial charge in [0.05, 0.1) is 5.56 Å². The van der Waals surface area contributed by atoms with Crippen molar-refractivity contribution in [1.29, 1.82) is 0 Å². The molecule has 0 amide bonds. The maximum absolute atomic E-state index is 6.37. The summed E-state index contributed by atoms with van der Waals surface area (Å²) in [5.41, 5.74) is 17.8. The van der Waals surface area contributed by atoms with Gasteiger partial charge in [0.25, 0.3) is 0 Å². The Balaban J connectivity index is 1.90. The van der Waals surface area contributed by atoms with E-state index in [0.29, 0.717) is 5.82 Å². The number of aryl methyl sites for hydroxylation is 1. The van der Waals surface area contributed by atoms with Crippen LogP contribution in [0.3, 0.4) is 0 Å². The van der Waals surface area contributed by atoms with Crippen LogP contribution in [0.5, 0.6) is 0 Å². The average molecular weight is 359 g/mol. The molecule has 3 aromatic rings. The van der Waals surface area contributed by atoms with Crippen molar-refractivity contribution in [3.63, 3.8) is 0 Å². The first-order valence-corrected chi connectivity index (χ1v) is 9.48. The van der Waals surface area contributed by atoms with Crippen LogP contribution < -0.4 is 16.4 Å². The quantitative estimate of drug-likeness (QED) is 0.730. The minimum atomic E-state index is 0.227. The fraction of sp³-hybridized carbons (Fsp3) is 0.273. The van der Waals surface area contributed by atoms with Crippen LogP contribution in [0.25, 0.3) is 22.3 Å². The zero-order valence-electron chi connectivity index (χ0n) is 15.7. The van der Waals surface area contributed by atoms with Crippen molar-refractivity contribution < 1.29 is 0 Å². The molecule has 0 radical (unpaired) electrons. The van der Waals surface area contributed by atoms with Gasteiger partial charge in [-0.3, -0.25) is 0 Å². The van der Waals surface area contributed by atoms with E-state index in [4.69, 9.17) is 11.5 Å². The Hall–Kier alpha value is -3.08. The number of aromatic nitrogens is 2. The van der Waals surface area contributed by atoms with Crippen LogP contribution >= 0.6 is 0 Å². The fourth-order valence-corrected chi connectivity index (χ4v) is 3.76. The molecule has 1 aliphatic heterocycles. The molecule has 1 aromatic heterocycles. The van der Waals surface area contributed by atoms with Gasteiger partial charge in [-0.1, -0.05) is 54.1 Å². The van der Waals surface area contributed by atoms with Gasteiger partial charge in [-0.15, -0.1) is 0 Å². The largest absolute Gasteiger partial charge is 0.383 e. The van der Waals surface area contributed by atoms with Crippen LogP contribution in [0.4, 0.5) is 17.6 Å². The molecule has 1 aliphatic rings. The van der Waals surface area contributed by atoms with Crippen molar-refractivity contribution in [2.75, 3.05) is 29.5 Å². The predicted molar refractivity (Wildman–Crippen MR) is 113 cm³/mol. The van der Waals surface area contributed by atoms with E-state index in [1.54, 1.807) is 0 Å². The third kappa shape index (κ3) is 3.45. The van der Waals surface area contributed by atoms with Crippen molar-refractivity contribution in [3.8, 4) is 22.3 Å². The summed E-state index contributed by atoms with van der Waals surface area (Å²) in [6, 6.07) is 16.8. The highest BCUT2D eigenvalue weighted by Gasteiger charge is 2.22. The maximum atomic E-state index is 6.37. The van der Waals surface area contributed by atoms with Crippen LogP contribution in [-0.2, 0) is 0 Å². The number of nitrogens with zero attached hydrogens (tertiary/aromatic N) is 3. The second kappa shape index (κ2) is 7.27. The highest BCUT2D eigenvalue weighted by atomic mass is 15.2. The van der Waals surface area contributed by atoms with Crippen molar-refractivity contribution in [2.24, 2.45) is 0 Å². The van der Waals surface area contributed by atoms with Gasteiger partial charge in [0, 0.05) is 13.1 Å². The number of anilines is 3. The number of rotatable bonds is 3.